The lowest BCUT2D eigenvalue weighted by Gasteiger charge is -2.31. The van der Waals surface area contributed by atoms with Crippen LogP contribution < -0.4 is 0 Å². The molecule has 0 radical (unpaired) electrons. The van der Waals surface area contributed by atoms with E-state index in [1.807, 2.05) is 19.3 Å². The minimum atomic E-state index is 0.675. The number of rotatable bonds is 3. The van der Waals surface area contributed by atoms with Crippen LogP contribution in [-0.2, 0) is 0 Å². The van der Waals surface area contributed by atoms with E-state index in [2.05, 4.69) is 21.8 Å². The molecular weight excluding hydrogens is 198 g/mol. The van der Waals surface area contributed by atoms with Crippen molar-refractivity contribution in [3.8, 4) is 0 Å². The van der Waals surface area contributed by atoms with Gasteiger partial charge in [0.2, 0.25) is 0 Å². The van der Waals surface area contributed by atoms with E-state index >= 15 is 0 Å². The lowest BCUT2D eigenvalue weighted by Crippen LogP contribution is -2.33. The van der Waals surface area contributed by atoms with Crippen LogP contribution in [0.1, 0.15) is 43.5 Å². The molecule has 1 saturated heterocycles. The third-order valence-electron chi connectivity index (χ3n) is 3.40. The molecule has 1 aliphatic heterocycles. The molecule has 2 rings (SSSR count). The van der Waals surface area contributed by atoms with Crippen molar-refractivity contribution in [2.24, 2.45) is 0 Å². The highest BCUT2D eigenvalue weighted by Gasteiger charge is 2.20. The Labute approximate surface area is 97.9 Å². The molecule has 0 aliphatic carbocycles. The predicted molar refractivity (Wildman–Crippen MR) is 65.5 cm³/mol. The van der Waals surface area contributed by atoms with Gasteiger partial charge >= 0.3 is 0 Å². The average molecular weight is 219 g/mol. The van der Waals surface area contributed by atoms with Crippen molar-refractivity contribution in [2.75, 3.05) is 19.6 Å². The summed E-state index contributed by atoms with van der Waals surface area (Å²) in [5.41, 5.74) is 1.32. The Morgan fingerprint density at radius 1 is 1.25 bits per heavy atom. The Morgan fingerprint density at radius 2 is 1.88 bits per heavy atom. The van der Waals surface area contributed by atoms with Gasteiger partial charge in [0, 0.05) is 12.4 Å². The van der Waals surface area contributed by atoms with Crippen molar-refractivity contribution in [2.45, 2.75) is 39.0 Å². The van der Waals surface area contributed by atoms with E-state index in [9.17, 15) is 0 Å². The summed E-state index contributed by atoms with van der Waals surface area (Å²) in [6.07, 6.45) is 7.78. The highest BCUT2D eigenvalue weighted by molar-refractivity contribution is 5.12. The minimum absolute atomic E-state index is 0.675. The topological polar surface area (TPSA) is 29.0 Å². The predicted octanol–water partition coefficient (Wildman–Crippen LogP) is 2.37. The highest BCUT2D eigenvalue weighted by Crippen LogP contribution is 2.26. The van der Waals surface area contributed by atoms with Crippen molar-refractivity contribution in [3.63, 3.8) is 0 Å². The Kier molecular flexibility index (Phi) is 3.88. The first-order chi connectivity index (χ1) is 7.79. The normalized spacial score (nSPS) is 18.9. The van der Waals surface area contributed by atoms with Crippen molar-refractivity contribution < 1.29 is 0 Å². The van der Waals surface area contributed by atoms with Gasteiger partial charge in [-0.05, 0) is 57.3 Å². The summed E-state index contributed by atoms with van der Waals surface area (Å²) in [5.74, 6) is 1.54. The monoisotopic (exact) mass is 219 g/mol. The zero-order valence-electron chi connectivity index (χ0n) is 10.3. The van der Waals surface area contributed by atoms with Crippen LogP contribution in [0.15, 0.2) is 12.4 Å². The molecule has 1 aromatic rings. The quantitative estimate of drug-likeness (QED) is 0.781. The lowest BCUT2D eigenvalue weighted by molar-refractivity contribution is 0.212. The van der Waals surface area contributed by atoms with Crippen molar-refractivity contribution >= 4 is 0 Å². The Balaban J connectivity index is 1.91. The number of aromatic nitrogens is 2. The molecule has 0 atom stereocenters. The largest absolute Gasteiger partial charge is 0.303 e. The molecule has 2 heterocycles. The molecule has 3 nitrogen and oxygen atoms in total. The number of aryl methyl sites for hydroxylation is 1. The number of likely N-dealkylation sites (tertiary alicyclic amines) is 1. The summed E-state index contributed by atoms with van der Waals surface area (Å²) in [5, 5.41) is 0. The van der Waals surface area contributed by atoms with Gasteiger partial charge < -0.3 is 4.90 Å². The number of hydrogen-bond acceptors (Lipinski definition) is 3. The van der Waals surface area contributed by atoms with E-state index in [0.29, 0.717) is 5.92 Å². The molecule has 1 aromatic heterocycles. The molecular formula is C13H21N3. The molecule has 3 heteroatoms. The van der Waals surface area contributed by atoms with Crippen LogP contribution in [0.2, 0.25) is 0 Å². The summed E-state index contributed by atoms with van der Waals surface area (Å²) in [6, 6.07) is 0. The third kappa shape index (κ3) is 2.79. The summed E-state index contributed by atoms with van der Waals surface area (Å²) >= 11 is 0. The van der Waals surface area contributed by atoms with Crippen molar-refractivity contribution in [3.05, 3.63) is 23.8 Å². The molecule has 0 saturated carbocycles. The van der Waals surface area contributed by atoms with Gasteiger partial charge in [-0.3, -0.25) is 0 Å². The number of hydrogen-bond donors (Lipinski definition) is 0. The van der Waals surface area contributed by atoms with Crippen LogP contribution in [-0.4, -0.2) is 34.5 Å². The van der Waals surface area contributed by atoms with Crippen LogP contribution in [0.3, 0.4) is 0 Å². The smallest absolute Gasteiger partial charge is 0.125 e. The van der Waals surface area contributed by atoms with Gasteiger partial charge in [0.05, 0.1) is 0 Å². The minimum Gasteiger partial charge on any atom is -0.303 e. The molecule has 0 spiro atoms. The molecule has 0 amide bonds. The number of nitrogens with zero attached hydrogens (tertiary/aromatic N) is 3. The summed E-state index contributed by atoms with van der Waals surface area (Å²) in [7, 11) is 0. The first-order valence-electron chi connectivity index (χ1n) is 6.30. The van der Waals surface area contributed by atoms with Gasteiger partial charge in [-0.2, -0.15) is 0 Å². The average Bonchev–Trinajstić information content (AvgIpc) is 2.32. The SMILES string of the molecule is CCCN1CCC(c2cnc(C)nc2)CC1. The molecule has 0 aromatic carbocycles. The van der Waals surface area contributed by atoms with E-state index in [-0.39, 0.29) is 0 Å². The third-order valence-corrected chi connectivity index (χ3v) is 3.40. The number of piperidine rings is 1. The fraction of sp³-hybridized carbons (Fsp3) is 0.692. The van der Waals surface area contributed by atoms with Crippen LogP contribution in [0.5, 0.6) is 0 Å². The zero-order valence-corrected chi connectivity index (χ0v) is 10.3. The first kappa shape index (κ1) is 11.5. The maximum absolute atomic E-state index is 4.28. The molecule has 1 fully saturated rings. The van der Waals surface area contributed by atoms with Crippen LogP contribution in [0.25, 0.3) is 0 Å². The van der Waals surface area contributed by atoms with E-state index < -0.39 is 0 Å². The van der Waals surface area contributed by atoms with E-state index in [4.69, 9.17) is 0 Å². The van der Waals surface area contributed by atoms with E-state index in [1.165, 1.54) is 44.5 Å². The lowest BCUT2D eigenvalue weighted by atomic mass is 9.91. The maximum atomic E-state index is 4.28. The summed E-state index contributed by atoms with van der Waals surface area (Å²) < 4.78 is 0. The van der Waals surface area contributed by atoms with Crippen molar-refractivity contribution in [1.82, 2.24) is 14.9 Å². The highest BCUT2D eigenvalue weighted by atomic mass is 15.1. The summed E-state index contributed by atoms with van der Waals surface area (Å²) in [6.45, 7) is 7.89. The van der Waals surface area contributed by atoms with Gasteiger partial charge in [-0.15, -0.1) is 0 Å². The standard InChI is InChI=1S/C13H21N3/c1-3-6-16-7-4-12(5-8-16)13-9-14-11(2)15-10-13/h9-10,12H,3-8H2,1-2H3. The Bertz CT molecular complexity index is 312. The Hall–Kier alpha value is -0.960. The Morgan fingerprint density at radius 3 is 2.44 bits per heavy atom. The molecule has 0 bridgehead atoms. The molecule has 1 aliphatic rings. The van der Waals surface area contributed by atoms with Gasteiger partial charge in [-0.25, -0.2) is 9.97 Å². The second-order valence-electron chi connectivity index (χ2n) is 4.68. The fourth-order valence-corrected chi connectivity index (χ4v) is 2.42. The fourth-order valence-electron chi connectivity index (χ4n) is 2.42. The van der Waals surface area contributed by atoms with Crippen molar-refractivity contribution in [1.29, 1.82) is 0 Å². The second-order valence-corrected chi connectivity index (χ2v) is 4.68. The van der Waals surface area contributed by atoms with Gasteiger partial charge in [0.25, 0.3) is 0 Å². The van der Waals surface area contributed by atoms with Crippen LogP contribution in [0.4, 0.5) is 0 Å². The molecule has 0 unspecified atom stereocenters. The maximum Gasteiger partial charge on any atom is 0.125 e. The van der Waals surface area contributed by atoms with Crippen LogP contribution >= 0.6 is 0 Å². The molecule has 16 heavy (non-hydrogen) atoms. The molecule has 88 valence electrons. The van der Waals surface area contributed by atoms with Gasteiger partial charge in [0.1, 0.15) is 5.82 Å². The van der Waals surface area contributed by atoms with E-state index in [0.717, 1.165) is 5.82 Å². The zero-order chi connectivity index (χ0) is 11.4. The van der Waals surface area contributed by atoms with Gasteiger partial charge in [0.15, 0.2) is 0 Å². The summed E-state index contributed by atoms with van der Waals surface area (Å²) in [4.78, 5) is 11.1. The van der Waals surface area contributed by atoms with E-state index in [1.54, 1.807) is 0 Å². The first-order valence-corrected chi connectivity index (χ1v) is 6.30. The molecule has 0 N–H and O–H groups in total. The van der Waals surface area contributed by atoms with Gasteiger partial charge in [-0.1, -0.05) is 6.92 Å². The van der Waals surface area contributed by atoms with Crippen LogP contribution in [0, 0.1) is 6.92 Å². The second kappa shape index (κ2) is 5.39.